The number of aliphatic carboxylic acids is 2. The number of carboxylic acids is 2. The molecule has 1 heterocycles. The van der Waals surface area contributed by atoms with Crippen LogP contribution in [0.2, 0.25) is 0 Å². The predicted molar refractivity (Wildman–Crippen MR) is 74.8 cm³/mol. The summed E-state index contributed by atoms with van der Waals surface area (Å²) in [5.41, 5.74) is 4.25. The molecule has 1 amide bonds. The topological polar surface area (TPSA) is 129 Å². The minimum Gasteiger partial charge on any atom is -0.473 e. The van der Waals surface area contributed by atoms with Crippen molar-refractivity contribution < 1.29 is 24.6 Å². The fourth-order valence-corrected chi connectivity index (χ4v) is 1.09. The fraction of sp³-hybridized carbons (Fsp3) is 0.308. The Morgan fingerprint density at radius 1 is 1.19 bits per heavy atom. The van der Waals surface area contributed by atoms with Gasteiger partial charge < -0.3 is 10.2 Å². The summed E-state index contributed by atoms with van der Waals surface area (Å²) in [6.45, 7) is 3.81. The SMILES string of the molecule is CCCC(=O)NN=C(C)c1ccncc1.O=C(O)C(=O)O. The zero-order valence-electron chi connectivity index (χ0n) is 11.7. The van der Waals surface area contributed by atoms with E-state index in [0.29, 0.717) is 6.42 Å². The van der Waals surface area contributed by atoms with Gasteiger partial charge in [0.15, 0.2) is 0 Å². The van der Waals surface area contributed by atoms with E-state index in [4.69, 9.17) is 19.8 Å². The number of aromatic nitrogens is 1. The summed E-state index contributed by atoms with van der Waals surface area (Å²) >= 11 is 0. The molecule has 0 fully saturated rings. The Bertz CT molecular complexity index is 502. The van der Waals surface area contributed by atoms with Gasteiger partial charge in [-0.15, -0.1) is 0 Å². The lowest BCUT2D eigenvalue weighted by molar-refractivity contribution is -0.159. The van der Waals surface area contributed by atoms with Gasteiger partial charge in [-0.3, -0.25) is 9.78 Å². The Morgan fingerprint density at radius 2 is 1.71 bits per heavy atom. The van der Waals surface area contributed by atoms with Gasteiger partial charge in [0, 0.05) is 24.4 Å². The molecule has 0 saturated heterocycles. The fourth-order valence-electron chi connectivity index (χ4n) is 1.09. The molecule has 0 unspecified atom stereocenters. The van der Waals surface area contributed by atoms with Crippen LogP contribution in [0.5, 0.6) is 0 Å². The van der Waals surface area contributed by atoms with Crippen LogP contribution in [0.4, 0.5) is 0 Å². The van der Waals surface area contributed by atoms with Crippen molar-refractivity contribution in [2.24, 2.45) is 5.10 Å². The van der Waals surface area contributed by atoms with Crippen molar-refractivity contribution in [3.05, 3.63) is 30.1 Å². The molecular weight excluding hydrogens is 278 g/mol. The van der Waals surface area contributed by atoms with E-state index in [0.717, 1.165) is 17.7 Å². The molecule has 0 radical (unpaired) electrons. The number of hydrogen-bond acceptors (Lipinski definition) is 5. The van der Waals surface area contributed by atoms with Crippen LogP contribution in [0.3, 0.4) is 0 Å². The van der Waals surface area contributed by atoms with Gasteiger partial charge in [-0.25, -0.2) is 15.0 Å². The van der Waals surface area contributed by atoms with Gasteiger partial charge in [-0.05, 0) is 25.5 Å². The second kappa shape index (κ2) is 10.1. The van der Waals surface area contributed by atoms with Crippen LogP contribution < -0.4 is 5.43 Å². The minimum atomic E-state index is -1.82. The summed E-state index contributed by atoms with van der Waals surface area (Å²) in [5, 5.41) is 18.8. The molecule has 0 bridgehead atoms. The minimum absolute atomic E-state index is 0.0501. The highest BCUT2D eigenvalue weighted by atomic mass is 16.4. The van der Waals surface area contributed by atoms with Gasteiger partial charge in [0.05, 0.1) is 5.71 Å². The number of carbonyl (C=O) groups excluding carboxylic acids is 1. The number of amides is 1. The maximum absolute atomic E-state index is 11.1. The molecule has 1 aromatic heterocycles. The maximum Gasteiger partial charge on any atom is 0.414 e. The number of carbonyl (C=O) groups is 3. The van der Waals surface area contributed by atoms with E-state index in [1.54, 1.807) is 12.4 Å². The number of nitrogens with one attached hydrogen (secondary N) is 1. The molecule has 8 nitrogen and oxygen atoms in total. The van der Waals surface area contributed by atoms with Crippen LogP contribution in [0.1, 0.15) is 32.3 Å². The summed E-state index contributed by atoms with van der Waals surface area (Å²) in [7, 11) is 0. The third-order valence-electron chi connectivity index (χ3n) is 2.11. The Labute approximate surface area is 121 Å². The van der Waals surface area contributed by atoms with E-state index in [1.165, 1.54) is 0 Å². The van der Waals surface area contributed by atoms with E-state index in [9.17, 15) is 4.79 Å². The third kappa shape index (κ3) is 8.87. The molecule has 0 aliphatic heterocycles. The maximum atomic E-state index is 11.1. The molecule has 0 spiro atoms. The number of nitrogens with zero attached hydrogens (tertiary/aromatic N) is 2. The van der Waals surface area contributed by atoms with Gasteiger partial charge in [0.25, 0.3) is 0 Å². The van der Waals surface area contributed by atoms with E-state index < -0.39 is 11.9 Å². The second-order valence-corrected chi connectivity index (χ2v) is 3.83. The van der Waals surface area contributed by atoms with Gasteiger partial charge in [-0.2, -0.15) is 5.10 Å². The molecule has 3 N–H and O–H groups in total. The van der Waals surface area contributed by atoms with E-state index >= 15 is 0 Å². The second-order valence-electron chi connectivity index (χ2n) is 3.83. The molecule has 0 aliphatic carbocycles. The van der Waals surface area contributed by atoms with Gasteiger partial charge in [0.1, 0.15) is 0 Å². The van der Waals surface area contributed by atoms with Crippen molar-refractivity contribution in [3.8, 4) is 0 Å². The Balaban J connectivity index is 0.000000567. The van der Waals surface area contributed by atoms with Crippen LogP contribution in [-0.2, 0) is 14.4 Å². The number of hydrazone groups is 1. The summed E-state index contributed by atoms with van der Waals surface area (Å²) < 4.78 is 0. The molecule has 21 heavy (non-hydrogen) atoms. The zero-order valence-corrected chi connectivity index (χ0v) is 11.7. The lowest BCUT2D eigenvalue weighted by atomic mass is 10.2. The standard InChI is InChI=1S/C11H15N3O.C2H2O4/c1-3-4-11(15)14-13-9(2)10-5-7-12-8-6-10;3-1(4)2(5)6/h5-8H,3-4H2,1-2H3,(H,14,15);(H,3,4)(H,5,6). The summed E-state index contributed by atoms with van der Waals surface area (Å²) in [4.78, 5) is 33.3. The largest absolute Gasteiger partial charge is 0.473 e. The van der Waals surface area contributed by atoms with Crippen LogP contribution in [-0.4, -0.2) is 38.8 Å². The van der Waals surface area contributed by atoms with E-state index in [2.05, 4.69) is 15.5 Å². The van der Waals surface area contributed by atoms with Gasteiger partial charge in [-0.1, -0.05) is 6.92 Å². The highest BCUT2D eigenvalue weighted by Gasteiger charge is 2.04. The van der Waals surface area contributed by atoms with Crippen LogP contribution in [0.25, 0.3) is 0 Å². The average molecular weight is 295 g/mol. The van der Waals surface area contributed by atoms with Crippen LogP contribution >= 0.6 is 0 Å². The molecule has 0 aliphatic rings. The highest BCUT2D eigenvalue weighted by molar-refractivity contribution is 6.27. The smallest absolute Gasteiger partial charge is 0.414 e. The lowest BCUT2D eigenvalue weighted by Crippen LogP contribution is -2.18. The Morgan fingerprint density at radius 3 is 2.14 bits per heavy atom. The first kappa shape index (κ1) is 18.2. The first-order valence-electron chi connectivity index (χ1n) is 6.08. The Hall–Kier alpha value is -2.77. The van der Waals surface area contributed by atoms with Gasteiger partial charge in [0.2, 0.25) is 5.91 Å². The summed E-state index contributed by atoms with van der Waals surface area (Å²) in [5.74, 6) is -3.70. The molecule has 0 aromatic carbocycles. The first-order valence-corrected chi connectivity index (χ1v) is 6.08. The Kier molecular flexibility index (Phi) is 8.74. The summed E-state index contributed by atoms with van der Waals surface area (Å²) in [6, 6.07) is 3.70. The van der Waals surface area contributed by atoms with E-state index in [1.807, 2.05) is 26.0 Å². The highest BCUT2D eigenvalue weighted by Crippen LogP contribution is 1.98. The normalized spacial score (nSPS) is 10.1. The van der Waals surface area contributed by atoms with E-state index in [-0.39, 0.29) is 5.91 Å². The molecule has 114 valence electrons. The molecule has 0 saturated carbocycles. The van der Waals surface area contributed by atoms with Crippen LogP contribution in [0.15, 0.2) is 29.6 Å². The number of rotatable bonds is 4. The van der Waals surface area contributed by atoms with Crippen molar-refractivity contribution >= 4 is 23.6 Å². The molecule has 1 aromatic rings. The third-order valence-corrected chi connectivity index (χ3v) is 2.11. The number of hydrogen-bond donors (Lipinski definition) is 3. The molecule has 0 atom stereocenters. The van der Waals surface area contributed by atoms with Crippen molar-refractivity contribution in [1.82, 2.24) is 10.4 Å². The number of carboxylic acid groups (broad SMARTS) is 2. The molecule has 8 heteroatoms. The molecule has 1 rings (SSSR count). The summed E-state index contributed by atoms with van der Waals surface area (Å²) in [6.07, 6.45) is 4.73. The van der Waals surface area contributed by atoms with Gasteiger partial charge >= 0.3 is 11.9 Å². The van der Waals surface area contributed by atoms with Crippen LogP contribution in [0, 0.1) is 0 Å². The van der Waals surface area contributed by atoms with Crippen molar-refractivity contribution in [2.75, 3.05) is 0 Å². The predicted octanol–water partition coefficient (Wildman–Crippen LogP) is 0.877. The monoisotopic (exact) mass is 295 g/mol. The quantitative estimate of drug-likeness (QED) is 0.429. The van der Waals surface area contributed by atoms with Crippen molar-refractivity contribution in [1.29, 1.82) is 0 Å². The zero-order chi connectivity index (χ0) is 16.3. The lowest BCUT2D eigenvalue weighted by Gasteiger charge is -2.01. The first-order chi connectivity index (χ1) is 9.88. The number of pyridine rings is 1. The molecular formula is C13H17N3O5. The van der Waals surface area contributed by atoms with Crippen molar-refractivity contribution in [3.63, 3.8) is 0 Å². The average Bonchev–Trinajstić information content (AvgIpc) is 2.46. The van der Waals surface area contributed by atoms with Crippen molar-refractivity contribution in [2.45, 2.75) is 26.7 Å².